The van der Waals surface area contributed by atoms with Crippen molar-refractivity contribution in [3.63, 3.8) is 0 Å². The summed E-state index contributed by atoms with van der Waals surface area (Å²) in [6, 6.07) is 5.95. The van der Waals surface area contributed by atoms with Crippen molar-refractivity contribution in [2.75, 3.05) is 7.05 Å². The quantitative estimate of drug-likeness (QED) is 0.782. The van der Waals surface area contributed by atoms with Crippen LogP contribution >= 0.6 is 23.2 Å². The predicted octanol–water partition coefficient (Wildman–Crippen LogP) is 4.22. The van der Waals surface area contributed by atoms with E-state index in [0.29, 0.717) is 10.0 Å². The van der Waals surface area contributed by atoms with Gasteiger partial charge < -0.3 is 5.32 Å². The first-order valence-corrected chi connectivity index (χ1v) is 5.56. The lowest BCUT2D eigenvalue weighted by Crippen LogP contribution is -2.16. The number of hydrogen-bond donors (Lipinski definition) is 1. The summed E-state index contributed by atoms with van der Waals surface area (Å²) in [5.41, 5.74) is 2.27. The predicted molar refractivity (Wildman–Crippen MR) is 67.7 cm³/mol. The topological polar surface area (TPSA) is 12.0 Å². The van der Waals surface area contributed by atoms with E-state index in [0.717, 1.165) is 17.6 Å². The molecule has 1 rings (SSSR count). The Morgan fingerprint density at radius 3 is 2.53 bits per heavy atom. The molecule has 82 valence electrons. The van der Waals surface area contributed by atoms with Crippen molar-refractivity contribution in [2.45, 2.75) is 19.4 Å². The fraction of sp³-hybridized carbons (Fsp3) is 0.333. The zero-order valence-electron chi connectivity index (χ0n) is 8.98. The van der Waals surface area contributed by atoms with E-state index < -0.39 is 0 Å². The molecule has 0 aliphatic rings. The number of hydrogen-bond acceptors (Lipinski definition) is 1. The SMILES string of the molecule is C=C(C)CC(NC)c1ccc(Cl)c(Cl)c1. The smallest absolute Gasteiger partial charge is 0.0595 e. The van der Waals surface area contributed by atoms with Gasteiger partial charge in [-0.1, -0.05) is 34.8 Å². The molecule has 0 aliphatic heterocycles. The molecule has 1 atom stereocenters. The lowest BCUT2D eigenvalue weighted by atomic mass is 10.0. The molecule has 1 aromatic rings. The van der Waals surface area contributed by atoms with E-state index in [4.69, 9.17) is 23.2 Å². The summed E-state index contributed by atoms with van der Waals surface area (Å²) in [5.74, 6) is 0. The summed E-state index contributed by atoms with van der Waals surface area (Å²) in [5, 5.41) is 4.42. The van der Waals surface area contributed by atoms with E-state index in [9.17, 15) is 0 Å². The maximum atomic E-state index is 5.97. The highest BCUT2D eigenvalue weighted by Gasteiger charge is 2.10. The van der Waals surface area contributed by atoms with Crippen LogP contribution in [0.25, 0.3) is 0 Å². The zero-order chi connectivity index (χ0) is 11.4. The van der Waals surface area contributed by atoms with Gasteiger partial charge in [0, 0.05) is 6.04 Å². The molecule has 0 radical (unpaired) electrons. The summed E-state index contributed by atoms with van der Waals surface area (Å²) in [6.45, 7) is 5.93. The second-order valence-electron chi connectivity index (χ2n) is 3.68. The van der Waals surface area contributed by atoms with E-state index in [1.165, 1.54) is 0 Å². The van der Waals surface area contributed by atoms with E-state index in [1.807, 2.05) is 32.2 Å². The molecule has 1 unspecified atom stereocenters. The maximum absolute atomic E-state index is 5.97. The van der Waals surface area contributed by atoms with Gasteiger partial charge in [0.05, 0.1) is 10.0 Å². The largest absolute Gasteiger partial charge is 0.313 e. The van der Waals surface area contributed by atoms with Gasteiger partial charge in [-0.05, 0) is 38.1 Å². The molecule has 0 amide bonds. The van der Waals surface area contributed by atoms with Crippen LogP contribution in [0, 0.1) is 0 Å². The molecular weight excluding hydrogens is 229 g/mol. The van der Waals surface area contributed by atoms with Crippen LogP contribution in [0.3, 0.4) is 0 Å². The third-order valence-electron chi connectivity index (χ3n) is 2.25. The molecular formula is C12H15Cl2N. The van der Waals surface area contributed by atoms with Crippen LogP contribution in [0.4, 0.5) is 0 Å². The van der Waals surface area contributed by atoms with Crippen molar-refractivity contribution in [3.8, 4) is 0 Å². The van der Waals surface area contributed by atoms with E-state index in [1.54, 1.807) is 0 Å². The van der Waals surface area contributed by atoms with Gasteiger partial charge in [-0.2, -0.15) is 0 Å². The van der Waals surface area contributed by atoms with Gasteiger partial charge in [0.2, 0.25) is 0 Å². The Bertz CT molecular complexity index is 361. The summed E-state index contributed by atoms with van der Waals surface area (Å²) in [7, 11) is 1.93. The Hall–Kier alpha value is -0.500. The minimum atomic E-state index is 0.247. The summed E-state index contributed by atoms with van der Waals surface area (Å²) in [6.07, 6.45) is 0.897. The fourth-order valence-electron chi connectivity index (χ4n) is 1.46. The zero-order valence-corrected chi connectivity index (χ0v) is 10.5. The first-order valence-electron chi connectivity index (χ1n) is 4.81. The van der Waals surface area contributed by atoms with Crippen LogP contribution in [0.2, 0.25) is 10.0 Å². The second kappa shape index (κ2) is 5.55. The third kappa shape index (κ3) is 3.53. The summed E-state index contributed by atoms with van der Waals surface area (Å²) < 4.78 is 0. The van der Waals surface area contributed by atoms with Crippen molar-refractivity contribution in [3.05, 3.63) is 46.0 Å². The Morgan fingerprint density at radius 2 is 2.07 bits per heavy atom. The van der Waals surface area contributed by atoms with Crippen LogP contribution in [0.5, 0.6) is 0 Å². The van der Waals surface area contributed by atoms with Crippen LogP contribution < -0.4 is 5.32 Å². The Balaban J connectivity index is 2.92. The first kappa shape index (κ1) is 12.6. The summed E-state index contributed by atoms with van der Waals surface area (Å²) in [4.78, 5) is 0. The third-order valence-corrected chi connectivity index (χ3v) is 2.99. The molecule has 0 heterocycles. The van der Waals surface area contributed by atoms with Crippen molar-refractivity contribution >= 4 is 23.2 Å². The van der Waals surface area contributed by atoms with E-state index in [2.05, 4.69) is 11.9 Å². The average Bonchev–Trinajstić information content (AvgIpc) is 2.18. The Morgan fingerprint density at radius 1 is 1.40 bits per heavy atom. The lowest BCUT2D eigenvalue weighted by Gasteiger charge is -2.17. The van der Waals surface area contributed by atoms with Gasteiger partial charge in [-0.15, -0.1) is 6.58 Å². The molecule has 0 saturated heterocycles. The number of rotatable bonds is 4. The minimum Gasteiger partial charge on any atom is -0.313 e. The first-order chi connectivity index (χ1) is 7.04. The van der Waals surface area contributed by atoms with Crippen LogP contribution in [0.1, 0.15) is 24.9 Å². The number of nitrogens with one attached hydrogen (secondary N) is 1. The van der Waals surface area contributed by atoms with Crippen molar-refractivity contribution in [1.29, 1.82) is 0 Å². The molecule has 15 heavy (non-hydrogen) atoms. The van der Waals surface area contributed by atoms with Crippen molar-refractivity contribution in [2.24, 2.45) is 0 Å². The molecule has 1 N–H and O–H groups in total. The normalized spacial score (nSPS) is 12.5. The molecule has 1 aromatic carbocycles. The van der Waals surface area contributed by atoms with Crippen LogP contribution in [-0.4, -0.2) is 7.05 Å². The van der Waals surface area contributed by atoms with Gasteiger partial charge in [-0.25, -0.2) is 0 Å². The van der Waals surface area contributed by atoms with Gasteiger partial charge >= 0.3 is 0 Å². The average molecular weight is 244 g/mol. The van der Waals surface area contributed by atoms with E-state index in [-0.39, 0.29) is 6.04 Å². The minimum absolute atomic E-state index is 0.247. The van der Waals surface area contributed by atoms with Gasteiger partial charge in [0.25, 0.3) is 0 Å². The number of halogens is 2. The molecule has 0 aromatic heterocycles. The highest BCUT2D eigenvalue weighted by molar-refractivity contribution is 6.42. The van der Waals surface area contributed by atoms with Gasteiger partial charge in [0.15, 0.2) is 0 Å². The van der Waals surface area contributed by atoms with Crippen molar-refractivity contribution < 1.29 is 0 Å². The Kier molecular flexibility index (Phi) is 4.65. The van der Waals surface area contributed by atoms with Gasteiger partial charge in [0.1, 0.15) is 0 Å². The highest BCUT2D eigenvalue weighted by atomic mass is 35.5. The monoisotopic (exact) mass is 243 g/mol. The van der Waals surface area contributed by atoms with Crippen LogP contribution in [0.15, 0.2) is 30.4 Å². The lowest BCUT2D eigenvalue weighted by molar-refractivity contribution is 0.590. The second-order valence-corrected chi connectivity index (χ2v) is 4.49. The summed E-state index contributed by atoms with van der Waals surface area (Å²) >= 11 is 11.8. The molecule has 3 heteroatoms. The van der Waals surface area contributed by atoms with Gasteiger partial charge in [-0.3, -0.25) is 0 Å². The standard InChI is InChI=1S/C12H15Cl2N/c1-8(2)6-12(15-3)9-4-5-10(13)11(14)7-9/h4-5,7,12,15H,1,6H2,2-3H3. The van der Waals surface area contributed by atoms with Crippen LogP contribution in [-0.2, 0) is 0 Å². The highest BCUT2D eigenvalue weighted by Crippen LogP contribution is 2.27. The molecule has 0 spiro atoms. The molecule has 0 fully saturated rings. The maximum Gasteiger partial charge on any atom is 0.0595 e. The molecule has 1 nitrogen and oxygen atoms in total. The number of benzene rings is 1. The van der Waals surface area contributed by atoms with E-state index >= 15 is 0 Å². The fourth-order valence-corrected chi connectivity index (χ4v) is 1.77. The molecule has 0 saturated carbocycles. The Labute approximate surface area is 101 Å². The van der Waals surface area contributed by atoms with Crippen molar-refractivity contribution in [1.82, 2.24) is 5.32 Å². The molecule has 0 aliphatic carbocycles. The molecule has 0 bridgehead atoms.